The first-order valence-corrected chi connectivity index (χ1v) is 7.15. The van der Waals surface area contributed by atoms with E-state index in [4.69, 9.17) is 11.6 Å². The number of rotatable bonds is 5. The minimum absolute atomic E-state index is 0.116. The van der Waals surface area contributed by atoms with Crippen LogP contribution in [0.1, 0.15) is 35.5 Å². The molecular weight excluding hydrogens is 266 g/mol. The molecule has 0 saturated heterocycles. The van der Waals surface area contributed by atoms with Gasteiger partial charge in [0.15, 0.2) is 0 Å². The van der Waals surface area contributed by atoms with Crippen molar-refractivity contribution in [3.05, 3.63) is 45.4 Å². The van der Waals surface area contributed by atoms with Crippen LogP contribution in [0.5, 0.6) is 0 Å². The zero-order valence-corrected chi connectivity index (χ0v) is 12.1. The molecule has 0 aliphatic rings. The van der Waals surface area contributed by atoms with Gasteiger partial charge in [0.2, 0.25) is 0 Å². The largest absolute Gasteiger partial charge is 0.309 e. The molecule has 5 heteroatoms. The summed E-state index contributed by atoms with van der Waals surface area (Å²) in [6.45, 7) is 2.15. The van der Waals surface area contributed by atoms with Crippen molar-refractivity contribution in [2.24, 2.45) is 0 Å². The average Bonchev–Trinajstić information content (AvgIpc) is 2.79. The molecule has 1 aromatic heterocycles. The number of benzene rings is 1. The number of hydrogen-bond donors (Lipinski definition) is 1. The smallest absolute Gasteiger partial charge is 0.0807 e. The van der Waals surface area contributed by atoms with Gasteiger partial charge < -0.3 is 5.32 Å². The molecule has 0 bridgehead atoms. The highest BCUT2D eigenvalue weighted by Crippen LogP contribution is 2.28. The molecule has 0 saturated carbocycles. The second kappa shape index (κ2) is 6.27. The van der Waals surface area contributed by atoms with Crippen LogP contribution in [0.15, 0.2) is 24.3 Å². The lowest BCUT2D eigenvalue weighted by molar-refractivity contribution is 0.688. The first kappa shape index (κ1) is 13.5. The predicted molar refractivity (Wildman–Crippen MR) is 76.3 cm³/mol. The van der Waals surface area contributed by atoms with Crippen molar-refractivity contribution < 1.29 is 0 Å². The van der Waals surface area contributed by atoms with Gasteiger partial charge in [-0.25, -0.2) is 0 Å². The Labute approximate surface area is 116 Å². The summed E-state index contributed by atoms with van der Waals surface area (Å²) in [6, 6.07) is 8.02. The third-order valence-corrected chi connectivity index (χ3v) is 3.87. The van der Waals surface area contributed by atoms with Crippen LogP contribution < -0.4 is 5.32 Å². The summed E-state index contributed by atoms with van der Waals surface area (Å²) in [7, 11) is 1.95. The van der Waals surface area contributed by atoms with Crippen molar-refractivity contribution in [2.45, 2.75) is 25.8 Å². The zero-order valence-electron chi connectivity index (χ0n) is 10.5. The van der Waals surface area contributed by atoms with E-state index in [1.54, 1.807) is 0 Å². The van der Waals surface area contributed by atoms with Crippen molar-refractivity contribution >= 4 is 23.1 Å². The van der Waals surface area contributed by atoms with Crippen LogP contribution in [0.4, 0.5) is 0 Å². The molecule has 3 nitrogen and oxygen atoms in total. The van der Waals surface area contributed by atoms with Gasteiger partial charge in [-0.1, -0.05) is 41.6 Å². The topological polar surface area (TPSA) is 37.8 Å². The van der Waals surface area contributed by atoms with E-state index < -0.39 is 0 Å². The molecular formula is C13H16ClN3S. The van der Waals surface area contributed by atoms with Crippen molar-refractivity contribution in [1.82, 2.24) is 14.9 Å². The van der Waals surface area contributed by atoms with Crippen LogP contribution in [-0.4, -0.2) is 16.6 Å². The van der Waals surface area contributed by atoms with Gasteiger partial charge in [-0.05, 0) is 42.7 Å². The molecule has 0 aliphatic carbocycles. The molecule has 1 N–H and O–H groups in total. The maximum Gasteiger partial charge on any atom is 0.0807 e. The van der Waals surface area contributed by atoms with Gasteiger partial charge in [-0.3, -0.25) is 0 Å². The molecule has 1 heterocycles. The molecule has 0 radical (unpaired) electrons. The standard InChI is InChI=1S/C13H16ClN3S/c1-3-5-11-13(18-17-16-11)12(15-2)9-6-4-7-10(14)8-9/h4,6-8,12,15H,3,5H2,1-2H3. The molecule has 2 aromatic rings. The lowest BCUT2D eigenvalue weighted by atomic mass is 10.0. The van der Waals surface area contributed by atoms with Crippen molar-refractivity contribution in [2.75, 3.05) is 7.05 Å². The van der Waals surface area contributed by atoms with E-state index in [1.807, 2.05) is 25.2 Å². The van der Waals surface area contributed by atoms with Gasteiger partial charge in [-0.2, -0.15) is 0 Å². The number of aromatic nitrogens is 2. The summed E-state index contributed by atoms with van der Waals surface area (Å²) in [5.41, 5.74) is 2.23. The summed E-state index contributed by atoms with van der Waals surface area (Å²) >= 11 is 7.51. The van der Waals surface area contributed by atoms with E-state index >= 15 is 0 Å². The van der Waals surface area contributed by atoms with Gasteiger partial charge in [0.05, 0.1) is 16.6 Å². The highest BCUT2D eigenvalue weighted by atomic mass is 35.5. The van der Waals surface area contributed by atoms with Crippen LogP contribution >= 0.6 is 23.1 Å². The van der Waals surface area contributed by atoms with Crippen molar-refractivity contribution in [3.8, 4) is 0 Å². The highest BCUT2D eigenvalue weighted by Gasteiger charge is 2.19. The van der Waals surface area contributed by atoms with E-state index in [9.17, 15) is 0 Å². The Hall–Kier alpha value is -0.970. The fourth-order valence-electron chi connectivity index (χ4n) is 1.98. The molecule has 18 heavy (non-hydrogen) atoms. The molecule has 0 fully saturated rings. The predicted octanol–water partition coefficient (Wildman–Crippen LogP) is 3.45. The van der Waals surface area contributed by atoms with Crippen LogP contribution in [0, 0.1) is 0 Å². The number of halogens is 1. The maximum absolute atomic E-state index is 6.05. The SMILES string of the molecule is CCCc1nnsc1C(NC)c1cccc(Cl)c1. The zero-order chi connectivity index (χ0) is 13.0. The first-order chi connectivity index (χ1) is 8.76. The Kier molecular flexibility index (Phi) is 4.69. The maximum atomic E-state index is 6.05. The van der Waals surface area contributed by atoms with E-state index in [2.05, 4.69) is 27.9 Å². The van der Waals surface area contributed by atoms with E-state index in [0.29, 0.717) is 0 Å². The average molecular weight is 282 g/mol. The molecule has 0 aliphatic heterocycles. The van der Waals surface area contributed by atoms with Gasteiger partial charge >= 0.3 is 0 Å². The Morgan fingerprint density at radius 3 is 2.94 bits per heavy atom. The van der Waals surface area contributed by atoms with Crippen molar-refractivity contribution in [3.63, 3.8) is 0 Å². The van der Waals surface area contributed by atoms with E-state index in [0.717, 1.165) is 29.1 Å². The summed E-state index contributed by atoms with van der Waals surface area (Å²) in [5.74, 6) is 0. The second-order valence-electron chi connectivity index (χ2n) is 4.11. The highest BCUT2D eigenvalue weighted by molar-refractivity contribution is 7.05. The van der Waals surface area contributed by atoms with Crippen LogP contribution in [0.3, 0.4) is 0 Å². The number of nitrogens with one attached hydrogen (secondary N) is 1. The summed E-state index contributed by atoms with van der Waals surface area (Å²) < 4.78 is 4.08. The Morgan fingerprint density at radius 1 is 1.44 bits per heavy atom. The molecule has 1 aromatic carbocycles. The molecule has 1 unspecified atom stereocenters. The van der Waals surface area contributed by atoms with Gasteiger partial charge in [-0.15, -0.1) is 5.10 Å². The lowest BCUT2D eigenvalue weighted by Gasteiger charge is -2.16. The summed E-state index contributed by atoms with van der Waals surface area (Å²) in [5, 5.41) is 8.29. The van der Waals surface area contributed by atoms with Gasteiger partial charge in [0, 0.05) is 5.02 Å². The number of aryl methyl sites for hydroxylation is 1. The molecule has 2 rings (SSSR count). The van der Waals surface area contributed by atoms with E-state index in [-0.39, 0.29) is 6.04 Å². The van der Waals surface area contributed by atoms with Gasteiger partial charge in [0.25, 0.3) is 0 Å². The third kappa shape index (κ3) is 2.88. The number of hydrogen-bond acceptors (Lipinski definition) is 4. The lowest BCUT2D eigenvalue weighted by Crippen LogP contribution is -2.18. The molecule has 0 amide bonds. The summed E-state index contributed by atoms with van der Waals surface area (Å²) in [6.07, 6.45) is 2.04. The molecule has 1 atom stereocenters. The van der Waals surface area contributed by atoms with E-state index in [1.165, 1.54) is 16.4 Å². The minimum Gasteiger partial charge on any atom is -0.309 e. The number of nitrogens with zero attached hydrogens (tertiary/aromatic N) is 2. The Bertz CT molecular complexity index is 512. The molecule has 0 spiro atoms. The van der Waals surface area contributed by atoms with Crippen LogP contribution in [0.25, 0.3) is 0 Å². The monoisotopic (exact) mass is 281 g/mol. The van der Waals surface area contributed by atoms with Crippen LogP contribution in [-0.2, 0) is 6.42 Å². The Balaban J connectivity index is 2.36. The second-order valence-corrected chi connectivity index (χ2v) is 5.33. The summed E-state index contributed by atoms with van der Waals surface area (Å²) in [4.78, 5) is 1.18. The van der Waals surface area contributed by atoms with Crippen molar-refractivity contribution in [1.29, 1.82) is 0 Å². The van der Waals surface area contributed by atoms with Crippen LogP contribution in [0.2, 0.25) is 5.02 Å². The fourth-order valence-corrected chi connectivity index (χ4v) is 3.01. The minimum atomic E-state index is 0.116. The molecule has 96 valence electrons. The van der Waals surface area contributed by atoms with Gasteiger partial charge in [0.1, 0.15) is 0 Å². The quantitative estimate of drug-likeness (QED) is 0.912. The Morgan fingerprint density at radius 2 is 2.28 bits per heavy atom. The normalized spacial score (nSPS) is 12.6. The fraction of sp³-hybridized carbons (Fsp3) is 0.385. The first-order valence-electron chi connectivity index (χ1n) is 6.00. The third-order valence-electron chi connectivity index (χ3n) is 2.80.